The van der Waals surface area contributed by atoms with E-state index in [4.69, 9.17) is 0 Å². The second-order valence-corrected chi connectivity index (χ2v) is 15.3. The standard InChI is InChI=1S/C46H74N2O2/c1-5-7-9-11-13-15-17-19-21-23-25-27-37-47(3)41-33-29-39(30-34-41)43-45(49)44(46(43)50)40-31-35-42(36-32-40)48(4)38-28-26-24-22-20-18-16-14-12-10-8-6-2/h29-36,43,49H,5-28,37-38H2,1-4H3. The van der Waals surface area contributed by atoms with Crippen molar-refractivity contribution >= 4 is 22.7 Å². The highest BCUT2D eigenvalue weighted by Gasteiger charge is 2.41. The van der Waals surface area contributed by atoms with E-state index < -0.39 is 5.92 Å². The van der Waals surface area contributed by atoms with E-state index in [1.807, 2.05) is 24.3 Å². The summed E-state index contributed by atoms with van der Waals surface area (Å²) in [7, 11) is 4.30. The molecule has 2 aromatic carbocycles. The van der Waals surface area contributed by atoms with Crippen LogP contribution in [0.3, 0.4) is 0 Å². The van der Waals surface area contributed by atoms with Crippen LogP contribution in [0, 0.1) is 0 Å². The zero-order chi connectivity index (χ0) is 35.8. The van der Waals surface area contributed by atoms with Crippen molar-refractivity contribution in [3.63, 3.8) is 0 Å². The van der Waals surface area contributed by atoms with Gasteiger partial charge in [-0.25, -0.2) is 0 Å². The number of unbranched alkanes of at least 4 members (excludes halogenated alkanes) is 22. The fraction of sp³-hybridized carbons (Fsp3) is 0.674. The van der Waals surface area contributed by atoms with Crippen molar-refractivity contribution in [1.29, 1.82) is 0 Å². The maximum atomic E-state index is 13.3. The first-order chi connectivity index (χ1) is 24.5. The number of anilines is 2. The molecule has 1 unspecified atom stereocenters. The van der Waals surface area contributed by atoms with E-state index in [9.17, 15) is 9.90 Å². The van der Waals surface area contributed by atoms with Crippen LogP contribution in [-0.2, 0) is 4.79 Å². The Bertz CT molecular complexity index is 1200. The van der Waals surface area contributed by atoms with Gasteiger partial charge in [-0.3, -0.25) is 4.79 Å². The summed E-state index contributed by atoms with van der Waals surface area (Å²) in [4.78, 5) is 17.9. The van der Waals surface area contributed by atoms with Crippen molar-refractivity contribution in [2.24, 2.45) is 0 Å². The average Bonchev–Trinajstić information content (AvgIpc) is 3.13. The second kappa shape index (κ2) is 25.2. The van der Waals surface area contributed by atoms with Crippen LogP contribution < -0.4 is 9.80 Å². The summed E-state index contributed by atoms with van der Waals surface area (Å²) in [6.07, 6.45) is 32.7. The van der Waals surface area contributed by atoms with Gasteiger partial charge in [0, 0.05) is 38.6 Å². The van der Waals surface area contributed by atoms with Crippen molar-refractivity contribution in [2.75, 3.05) is 37.0 Å². The van der Waals surface area contributed by atoms with Gasteiger partial charge in [0.2, 0.25) is 0 Å². The number of aliphatic hydroxyl groups is 1. The normalized spacial score (nSPS) is 14.3. The van der Waals surface area contributed by atoms with Crippen molar-refractivity contribution < 1.29 is 9.90 Å². The molecule has 0 aromatic heterocycles. The van der Waals surface area contributed by atoms with Crippen LogP contribution in [0.15, 0.2) is 54.3 Å². The van der Waals surface area contributed by atoms with Crippen LogP contribution >= 0.6 is 0 Å². The molecule has 4 heteroatoms. The minimum atomic E-state index is -0.547. The molecule has 0 saturated carbocycles. The van der Waals surface area contributed by atoms with E-state index in [2.05, 4.69) is 62.0 Å². The fourth-order valence-corrected chi connectivity index (χ4v) is 7.50. The Morgan fingerprint density at radius 3 is 1.14 bits per heavy atom. The first-order valence-electron chi connectivity index (χ1n) is 21.1. The number of allylic oxidation sites excluding steroid dienone is 2. The minimum absolute atomic E-state index is 0.0118. The lowest BCUT2D eigenvalue weighted by molar-refractivity contribution is -0.116. The van der Waals surface area contributed by atoms with E-state index in [0.29, 0.717) is 5.57 Å². The molecule has 1 N–H and O–H groups in total. The molecule has 1 atom stereocenters. The Kier molecular flexibility index (Phi) is 21.0. The lowest BCUT2D eigenvalue weighted by atomic mass is 9.75. The van der Waals surface area contributed by atoms with Crippen LogP contribution in [0.5, 0.6) is 0 Å². The van der Waals surface area contributed by atoms with Gasteiger partial charge < -0.3 is 14.9 Å². The first kappa shape index (κ1) is 41.7. The van der Waals surface area contributed by atoms with Gasteiger partial charge in [0.1, 0.15) is 11.7 Å². The monoisotopic (exact) mass is 687 g/mol. The van der Waals surface area contributed by atoms with E-state index >= 15 is 0 Å². The zero-order valence-corrected chi connectivity index (χ0v) is 32.8. The third-order valence-electron chi connectivity index (χ3n) is 11.0. The number of Topliss-reactive ketones (excluding diaryl/α,β-unsaturated/α-hetero) is 1. The highest BCUT2D eigenvalue weighted by Crippen LogP contribution is 2.43. The molecule has 0 heterocycles. The summed E-state index contributed by atoms with van der Waals surface area (Å²) in [5, 5.41) is 11.0. The zero-order valence-electron chi connectivity index (χ0n) is 32.8. The fourth-order valence-electron chi connectivity index (χ4n) is 7.50. The molecule has 0 fully saturated rings. The lowest BCUT2D eigenvalue weighted by Gasteiger charge is -2.29. The van der Waals surface area contributed by atoms with Gasteiger partial charge in [-0.15, -0.1) is 0 Å². The Hall–Kier alpha value is -2.75. The van der Waals surface area contributed by atoms with Gasteiger partial charge in [0.05, 0.1) is 5.57 Å². The summed E-state index contributed by atoms with van der Waals surface area (Å²) in [5.41, 5.74) is 4.47. The predicted octanol–water partition coefficient (Wildman–Crippen LogP) is 13.6. The van der Waals surface area contributed by atoms with Crippen LogP contribution in [0.25, 0.3) is 5.57 Å². The van der Waals surface area contributed by atoms with Crippen LogP contribution in [0.1, 0.15) is 185 Å². The van der Waals surface area contributed by atoms with Crippen molar-refractivity contribution in [3.8, 4) is 0 Å². The molecule has 0 amide bonds. The highest BCUT2D eigenvalue weighted by molar-refractivity contribution is 6.31. The Morgan fingerprint density at radius 1 is 0.480 bits per heavy atom. The average molecular weight is 687 g/mol. The maximum Gasteiger partial charge on any atom is 0.181 e. The Balaban J connectivity index is 1.31. The summed E-state index contributed by atoms with van der Waals surface area (Å²) in [5.74, 6) is -0.336. The molecule has 0 spiro atoms. The van der Waals surface area contributed by atoms with Crippen LogP contribution in [0.2, 0.25) is 0 Å². The summed E-state index contributed by atoms with van der Waals surface area (Å²) in [6, 6.07) is 16.3. The van der Waals surface area contributed by atoms with E-state index in [1.54, 1.807) is 0 Å². The number of ketones is 1. The van der Waals surface area contributed by atoms with Crippen LogP contribution in [0.4, 0.5) is 11.4 Å². The molecule has 0 radical (unpaired) electrons. The highest BCUT2D eigenvalue weighted by atomic mass is 16.3. The van der Waals surface area contributed by atoms with Gasteiger partial charge >= 0.3 is 0 Å². The number of rotatable bonds is 30. The lowest BCUT2D eigenvalue weighted by Crippen LogP contribution is -2.28. The van der Waals surface area contributed by atoms with Gasteiger partial charge in [-0.2, -0.15) is 0 Å². The van der Waals surface area contributed by atoms with E-state index in [0.717, 1.165) is 35.6 Å². The van der Waals surface area contributed by atoms with Crippen molar-refractivity contribution in [2.45, 2.75) is 174 Å². The van der Waals surface area contributed by atoms with Gasteiger partial charge in [-0.1, -0.05) is 179 Å². The summed E-state index contributed by atoms with van der Waals surface area (Å²) >= 11 is 0. The smallest absolute Gasteiger partial charge is 0.181 e. The topological polar surface area (TPSA) is 43.8 Å². The molecule has 50 heavy (non-hydrogen) atoms. The number of carbonyl (C=O) groups is 1. The molecule has 4 nitrogen and oxygen atoms in total. The quantitative estimate of drug-likeness (QED) is 0.0831. The molecule has 1 aliphatic carbocycles. The number of nitrogens with zero attached hydrogens (tertiary/aromatic N) is 2. The Morgan fingerprint density at radius 2 is 0.800 bits per heavy atom. The van der Waals surface area contributed by atoms with Gasteiger partial charge in [-0.05, 0) is 48.2 Å². The number of carbonyl (C=O) groups excluding carboxylic acids is 1. The number of benzene rings is 2. The number of aliphatic hydroxyl groups excluding tert-OH is 1. The second-order valence-electron chi connectivity index (χ2n) is 15.3. The minimum Gasteiger partial charge on any atom is -0.510 e. The largest absolute Gasteiger partial charge is 0.510 e. The Labute approximate surface area is 308 Å². The third kappa shape index (κ3) is 14.8. The SMILES string of the molecule is CCCCCCCCCCCCCCN(C)c1ccc(C2=C(O)C(c3ccc(N(C)CCCCCCCCCCCCCC)cc3)C2=O)cc1. The molecule has 2 aromatic rings. The third-order valence-corrected chi connectivity index (χ3v) is 11.0. The molecule has 1 aliphatic rings. The maximum absolute atomic E-state index is 13.3. The number of hydrogen-bond acceptors (Lipinski definition) is 4. The molecule has 280 valence electrons. The van der Waals surface area contributed by atoms with Crippen LogP contribution in [-0.4, -0.2) is 38.1 Å². The molecule has 3 rings (SSSR count). The molecular weight excluding hydrogens is 613 g/mol. The molecule has 0 bridgehead atoms. The molecule has 0 aliphatic heterocycles. The summed E-state index contributed by atoms with van der Waals surface area (Å²) in [6.45, 7) is 6.64. The van der Waals surface area contributed by atoms with Crippen molar-refractivity contribution in [1.82, 2.24) is 0 Å². The number of hydrogen-bond donors (Lipinski definition) is 1. The summed E-state index contributed by atoms with van der Waals surface area (Å²) < 4.78 is 0. The van der Waals surface area contributed by atoms with E-state index in [-0.39, 0.29) is 11.5 Å². The predicted molar refractivity (Wildman–Crippen MR) is 219 cm³/mol. The van der Waals surface area contributed by atoms with Gasteiger partial charge in [0.25, 0.3) is 0 Å². The van der Waals surface area contributed by atoms with E-state index in [1.165, 1.54) is 154 Å². The first-order valence-corrected chi connectivity index (χ1v) is 21.1. The van der Waals surface area contributed by atoms with Crippen molar-refractivity contribution in [3.05, 3.63) is 65.4 Å². The van der Waals surface area contributed by atoms with Gasteiger partial charge in [0.15, 0.2) is 5.78 Å². The molecular formula is C46H74N2O2. The molecule has 0 saturated heterocycles.